The molecule has 0 N–H and O–H groups in total. The fraction of sp³-hybridized carbons (Fsp3) is 0. The Balaban J connectivity index is 1.32. The lowest BCUT2D eigenvalue weighted by molar-refractivity contribution is 0.493. The van der Waals surface area contributed by atoms with E-state index in [0.29, 0.717) is 5.56 Å². The van der Waals surface area contributed by atoms with Gasteiger partial charge in [-0.2, -0.15) is 5.26 Å². The van der Waals surface area contributed by atoms with Crippen LogP contribution in [0.2, 0.25) is 0 Å². The molecule has 0 saturated heterocycles. The molecule has 3 nitrogen and oxygen atoms in total. The van der Waals surface area contributed by atoms with Gasteiger partial charge in [-0.1, -0.05) is 103 Å². The van der Waals surface area contributed by atoms with Gasteiger partial charge in [0.25, 0.3) is 0 Å². The van der Waals surface area contributed by atoms with Crippen LogP contribution in [-0.4, -0.2) is 12.6 Å². The van der Waals surface area contributed by atoms with E-state index in [4.69, 9.17) is 4.74 Å². The quantitative estimate of drug-likeness (QED) is 0.181. The van der Waals surface area contributed by atoms with E-state index in [2.05, 4.69) is 156 Å². The topological polar surface area (TPSA) is 38.0 Å². The summed E-state index contributed by atoms with van der Waals surface area (Å²) in [6, 6.07) is 59.1. The maximum absolute atomic E-state index is 9.63. The SMILES string of the molecule is N#Cc1ccc2sc3ccc(-n4c5ccccc5c5c6c(ccc54)[Si](c4ccccc4)(c4ccccc4)c4ccccc4O6)cc3c2c1. The number of thiophene rings is 1. The molecule has 0 fully saturated rings. The minimum absolute atomic E-state index is 0.679. The lowest BCUT2D eigenvalue weighted by Crippen LogP contribution is -2.76. The van der Waals surface area contributed by atoms with Crippen LogP contribution < -0.4 is 25.5 Å². The van der Waals surface area contributed by atoms with Crippen LogP contribution in [0.1, 0.15) is 5.56 Å². The molecule has 0 spiro atoms. The van der Waals surface area contributed by atoms with Gasteiger partial charge in [-0.15, -0.1) is 11.3 Å². The summed E-state index contributed by atoms with van der Waals surface area (Å²) in [7, 11) is -2.78. The number of para-hydroxylation sites is 2. The smallest absolute Gasteiger partial charge is 0.188 e. The number of aromatic nitrogens is 1. The number of hydrogen-bond donors (Lipinski definition) is 0. The number of ether oxygens (including phenoxy) is 1. The predicted molar refractivity (Wildman–Crippen MR) is 202 cm³/mol. The van der Waals surface area contributed by atoms with Crippen LogP contribution >= 0.6 is 11.3 Å². The monoisotopic (exact) mass is 646 g/mol. The zero-order valence-corrected chi connectivity index (χ0v) is 27.5. The zero-order valence-electron chi connectivity index (χ0n) is 25.7. The van der Waals surface area contributed by atoms with Crippen LogP contribution in [0.5, 0.6) is 11.5 Å². The van der Waals surface area contributed by atoms with Crippen molar-refractivity contribution in [3.63, 3.8) is 0 Å². The molecule has 7 aromatic carbocycles. The van der Waals surface area contributed by atoms with Crippen molar-refractivity contribution in [2.75, 3.05) is 0 Å². The summed E-state index contributed by atoms with van der Waals surface area (Å²) in [6.07, 6.45) is 0. The Kier molecular flexibility index (Phi) is 5.83. The number of nitrogens with zero attached hydrogens (tertiary/aromatic N) is 2. The van der Waals surface area contributed by atoms with Gasteiger partial charge in [-0.25, -0.2) is 0 Å². The molecule has 0 atom stereocenters. The maximum atomic E-state index is 9.63. The Morgan fingerprint density at radius 1 is 0.562 bits per heavy atom. The first-order valence-electron chi connectivity index (χ1n) is 16.1. The van der Waals surface area contributed by atoms with Gasteiger partial charge >= 0.3 is 0 Å². The Labute approximate surface area is 282 Å². The summed E-state index contributed by atoms with van der Waals surface area (Å²) in [5.74, 6) is 1.87. The van der Waals surface area contributed by atoms with Crippen LogP contribution in [0.4, 0.5) is 0 Å². The molecular weight excluding hydrogens is 621 g/mol. The highest BCUT2D eigenvalue weighted by Crippen LogP contribution is 2.43. The molecule has 1 aliphatic rings. The Morgan fingerprint density at radius 2 is 1.23 bits per heavy atom. The van der Waals surface area contributed by atoms with Crippen molar-refractivity contribution in [2.45, 2.75) is 0 Å². The van der Waals surface area contributed by atoms with Crippen molar-refractivity contribution in [1.82, 2.24) is 4.57 Å². The third kappa shape index (κ3) is 3.67. The predicted octanol–water partition coefficient (Wildman–Crippen LogP) is 8.51. The summed E-state index contributed by atoms with van der Waals surface area (Å²) in [4.78, 5) is 0. The van der Waals surface area contributed by atoms with E-state index in [0.717, 1.165) is 44.4 Å². The summed E-state index contributed by atoms with van der Waals surface area (Å²) in [6.45, 7) is 0. The number of hydrogen-bond acceptors (Lipinski definition) is 3. The van der Waals surface area contributed by atoms with E-state index < -0.39 is 8.07 Å². The molecule has 0 unspecified atom stereocenters. The highest BCUT2D eigenvalue weighted by molar-refractivity contribution is 7.25. The van der Waals surface area contributed by atoms with Gasteiger partial charge in [0.1, 0.15) is 11.5 Å². The third-order valence-corrected chi connectivity index (χ3v) is 15.9. The first-order valence-corrected chi connectivity index (χ1v) is 18.9. The van der Waals surface area contributed by atoms with Crippen LogP contribution in [0.3, 0.4) is 0 Å². The standard InChI is InChI=1S/C43H26N2OSSi/c44-27-28-19-22-38-33(25-28)34-26-29(20-23-39(34)47-38)45-35-16-8-7-15-32(35)42-36(45)21-24-41-43(42)46-37-17-9-10-18-40(37)48(41,30-11-3-1-4-12-30)31-13-5-2-6-14-31/h1-26H. The Morgan fingerprint density at radius 3 is 2.00 bits per heavy atom. The van der Waals surface area contributed by atoms with Gasteiger partial charge in [0.05, 0.1) is 28.1 Å². The molecule has 5 heteroatoms. The van der Waals surface area contributed by atoms with Gasteiger partial charge in [0.15, 0.2) is 8.07 Å². The van der Waals surface area contributed by atoms with Gasteiger partial charge in [-0.3, -0.25) is 0 Å². The minimum Gasteiger partial charge on any atom is -0.457 e. The zero-order chi connectivity index (χ0) is 31.8. The van der Waals surface area contributed by atoms with Crippen LogP contribution in [0, 0.1) is 11.3 Å². The Bertz CT molecular complexity index is 2740. The molecule has 3 heterocycles. The number of rotatable bonds is 3. The second kappa shape index (κ2) is 10.3. The summed E-state index contributed by atoms with van der Waals surface area (Å²) >= 11 is 1.77. The molecule has 0 radical (unpaired) electrons. The highest BCUT2D eigenvalue weighted by atomic mass is 32.1. The molecule has 0 aliphatic carbocycles. The molecule has 48 heavy (non-hydrogen) atoms. The van der Waals surface area contributed by atoms with Crippen molar-refractivity contribution in [3.8, 4) is 23.3 Å². The van der Waals surface area contributed by atoms with Gasteiger partial charge in [-0.05, 0) is 75.3 Å². The third-order valence-electron chi connectivity index (χ3n) is 9.95. The molecule has 0 saturated carbocycles. The molecule has 0 amide bonds. The minimum atomic E-state index is -2.78. The van der Waals surface area contributed by atoms with Crippen molar-refractivity contribution < 1.29 is 4.74 Å². The second-order valence-electron chi connectivity index (χ2n) is 12.4. The van der Waals surface area contributed by atoms with Crippen LogP contribution in [0.25, 0.3) is 47.7 Å². The van der Waals surface area contributed by atoms with Crippen molar-refractivity contribution >= 4 is 82.1 Å². The fourth-order valence-electron chi connectivity index (χ4n) is 7.97. The molecule has 224 valence electrons. The first-order chi connectivity index (χ1) is 23.8. The van der Waals surface area contributed by atoms with E-state index in [1.165, 1.54) is 35.5 Å². The van der Waals surface area contributed by atoms with E-state index in [1.807, 2.05) is 12.1 Å². The van der Waals surface area contributed by atoms with E-state index >= 15 is 0 Å². The molecule has 10 rings (SSSR count). The van der Waals surface area contributed by atoms with E-state index in [-0.39, 0.29) is 0 Å². The van der Waals surface area contributed by atoms with E-state index in [1.54, 1.807) is 11.3 Å². The lowest BCUT2D eigenvalue weighted by atomic mass is 10.1. The van der Waals surface area contributed by atoms with Crippen LogP contribution in [-0.2, 0) is 0 Å². The van der Waals surface area contributed by atoms with Gasteiger partial charge in [0, 0.05) is 31.2 Å². The molecular formula is C43H26N2OSSi. The molecule has 9 aromatic rings. The fourth-order valence-corrected chi connectivity index (χ4v) is 14.0. The second-order valence-corrected chi connectivity index (χ2v) is 17.2. The maximum Gasteiger partial charge on any atom is 0.188 e. The van der Waals surface area contributed by atoms with Crippen molar-refractivity contribution in [2.24, 2.45) is 0 Å². The average Bonchev–Trinajstić information content (AvgIpc) is 3.69. The lowest BCUT2D eigenvalue weighted by Gasteiger charge is -2.39. The van der Waals surface area contributed by atoms with Gasteiger partial charge < -0.3 is 9.30 Å². The summed E-state index contributed by atoms with van der Waals surface area (Å²) < 4.78 is 11.9. The highest BCUT2D eigenvalue weighted by Gasteiger charge is 2.48. The number of benzene rings is 7. The summed E-state index contributed by atoms with van der Waals surface area (Å²) in [5.41, 5.74) is 4.00. The van der Waals surface area contributed by atoms with Gasteiger partial charge in [0.2, 0.25) is 0 Å². The number of fused-ring (bicyclic) bond motifs is 9. The average molecular weight is 647 g/mol. The normalized spacial score (nSPS) is 13.3. The Hall–Kier alpha value is -5.93. The largest absolute Gasteiger partial charge is 0.457 e. The molecule has 1 aliphatic heterocycles. The molecule has 2 aromatic heterocycles. The number of nitriles is 1. The van der Waals surface area contributed by atoms with E-state index in [9.17, 15) is 5.26 Å². The summed E-state index contributed by atoms with van der Waals surface area (Å²) in [5, 5.41) is 19.4. The van der Waals surface area contributed by atoms with Crippen molar-refractivity contribution in [3.05, 3.63) is 163 Å². The molecule has 0 bridgehead atoms. The van der Waals surface area contributed by atoms with Crippen molar-refractivity contribution in [1.29, 1.82) is 5.26 Å². The first kappa shape index (κ1) is 27.2. The van der Waals surface area contributed by atoms with Crippen LogP contribution in [0.15, 0.2) is 158 Å².